The summed E-state index contributed by atoms with van der Waals surface area (Å²) in [6, 6.07) is 13.6. The molecule has 0 saturated carbocycles. The molecule has 1 atom stereocenters. The van der Waals surface area contributed by atoms with E-state index in [4.69, 9.17) is 14.3 Å². The number of benzene rings is 2. The second-order valence-electron chi connectivity index (χ2n) is 9.59. The van der Waals surface area contributed by atoms with E-state index >= 15 is 0 Å². The molecule has 1 N–H and O–H groups in total. The summed E-state index contributed by atoms with van der Waals surface area (Å²) in [4.78, 5) is 24.0. The molecule has 6 rings (SSSR count). The number of ether oxygens (including phenoxy) is 1. The van der Waals surface area contributed by atoms with E-state index in [-0.39, 0.29) is 16.1 Å². The van der Waals surface area contributed by atoms with Gasteiger partial charge in [0, 0.05) is 47.7 Å². The Kier molecular flexibility index (Phi) is 6.35. The highest BCUT2D eigenvalue weighted by Gasteiger charge is 2.25. The largest absolute Gasteiger partial charge is 0.497 e. The van der Waals surface area contributed by atoms with Crippen LogP contribution in [0.3, 0.4) is 0 Å². The summed E-state index contributed by atoms with van der Waals surface area (Å²) in [5, 5.41) is 15.3. The first kappa shape index (κ1) is 25.7. The fourth-order valence-corrected chi connectivity index (χ4v) is 5.80. The third-order valence-electron chi connectivity index (χ3n) is 6.89. The monoisotopic (exact) mass is 559 g/mol. The van der Waals surface area contributed by atoms with Gasteiger partial charge < -0.3 is 19.2 Å². The van der Waals surface area contributed by atoms with Gasteiger partial charge in [-0.25, -0.2) is 13.4 Å². The van der Waals surface area contributed by atoms with E-state index in [0.717, 1.165) is 10.9 Å². The molecule has 1 aliphatic rings. The average molecular weight is 560 g/mol. The molecule has 1 fully saturated rings. The summed E-state index contributed by atoms with van der Waals surface area (Å²) in [6.07, 6.45) is 5.60. The van der Waals surface area contributed by atoms with E-state index in [1.165, 1.54) is 25.8 Å². The lowest BCUT2D eigenvalue weighted by Gasteiger charge is -2.20. The predicted octanol–water partition coefficient (Wildman–Crippen LogP) is 3.09. The molecule has 4 heterocycles. The zero-order chi connectivity index (χ0) is 28.0. The van der Waals surface area contributed by atoms with Crippen molar-refractivity contribution in [3.05, 3.63) is 77.7 Å². The first-order valence-electron chi connectivity index (χ1n) is 12.5. The molecular weight excluding hydrogens is 534 g/mol. The lowest BCUT2D eigenvalue weighted by Crippen LogP contribution is -2.26. The Morgan fingerprint density at radius 1 is 1.12 bits per heavy atom. The fourth-order valence-electron chi connectivity index (χ4n) is 4.96. The highest BCUT2D eigenvalue weighted by atomic mass is 32.2. The maximum absolute atomic E-state index is 13.8. The minimum atomic E-state index is -3.75. The van der Waals surface area contributed by atoms with Gasteiger partial charge in [-0.15, -0.1) is 0 Å². The van der Waals surface area contributed by atoms with Gasteiger partial charge in [-0.3, -0.25) is 9.78 Å². The Morgan fingerprint density at radius 2 is 1.95 bits per heavy atom. The molecule has 11 nitrogen and oxygen atoms in total. The number of fused-ring (bicyclic) bond motifs is 1. The van der Waals surface area contributed by atoms with Gasteiger partial charge in [0.2, 0.25) is 0 Å². The first-order chi connectivity index (χ1) is 19.2. The lowest BCUT2D eigenvalue weighted by molar-refractivity contribution is 0.198. The van der Waals surface area contributed by atoms with Crippen molar-refractivity contribution in [3.8, 4) is 34.0 Å². The molecule has 1 saturated heterocycles. The first-order valence-corrected chi connectivity index (χ1v) is 14.4. The molecule has 204 valence electrons. The average Bonchev–Trinajstić information content (AvgIpc) is 3.65. The molecule has 40 heavy (non-hydrogen) atoms. The summed E-state index contributed by atoms with van der Waals surface area (Å²) in [5.74, 6) is 1.03. The van der Waals surface area contributed by atoms with Crippen molar-refractivity contribution in [2.45, 2.75) is 17.4 Å². The van der Waals surface area contributed by atoms with Gasteiger partial charge in [0.25, 0.3) is 5.56 Å². The van der Waals surface area contributed by atoms with Crippen molar-refractivity contribution in [2.75, 3.05) is 31.4 Å². The number of sulfone groups is 1. The fraction of sp³-hybridized carbons (Fsp3) is 0.214. The molecular formula is C28H25N5O6S. The third kappa shape index (κ3) is 4.61. The topological polar surface area (TPSA) is 141 Å². The molecule has 0 bridgehead atoms. The molecule has 1 unspecified atom stereocenters. The zero-order valence-corrected chi connectivity index (χ0v) is 22.5. The molecule has 3 aromatic heterocycles. The van der Waals surface area contributed by atoms with Crippen LogP contribution in [-0.2, 0) is 9.84 Å². The Bertz CT molecular complexity index is 1900. The number of oxazole rings is 1. The standard InChI is InChI=1S/C28H25N5O6S/c1-38-21-11-17(24-14-29-16-39-24)10-18(12-21)26-22-4-3-8-30-27(22)28(35)33(31-26)23-13-19(32-9-7-20(34)15-32)5-6-25(23)40(2,36)37/h3-6,8,10-14,16,20,34H,7,9,15H2,1-2H3. The van der Waals surface area contributed by atoms with Gasteiger partial charge in [-0.2, -0.15) is 9.78 Å². The second kappa shape index (κ2) is 9.88. The number of aliphatic hydroxyl groups is 1. The second-order valence-corrected chi connectivity index (χ2v) is 11.6. The predicted molar refractivity (Wildman–Crippen MR) is 149 cm³/mol. The van der Waals surface area contributed by atoms with Crippen LogP contribution < -0.4 is 15.2 Å². The van der Waals surface area contributed by atoms with Gasteiger partial charge in [0.15, 0.2) is 22.0 Å². The van der Waals surface area contributed by atoms with Gasteiger partial charge >= 0.3 is 0 Å². The Hall–Kier alpha value is -4.55. The number of nitrogens with zero attached hydrogens (tertiary/aromatic N) is 5. The molecule has 2 aromatic carbocycles. The van der Waals surface area contributed by atoms with Crippen LogP contribution in [0, 0.1) is 0 Å². The summed E-state index contributed by atoms with van der Waals surface area (Å²) in [6.45, 7) is 0.999. The highest BCUT2D eigenvalue weighted by molar-refractivity contribution is 7.90. The molecule has 1 aliphatic heterocycles. The molecule has 12 heteroatoms. The van der Waals surface area contributed by atoms with Crippen molar-refractivity contribution in [1.82, 2.24) is 19.7 Å². The van der Waals surface area contributed by atoms with Gasteiger partial charge in [-0.05, 0) is 55.0 Å². The maximum atomic E-state index is 13.8. The van der Waals surface area contributed by atoms with Crippen molar-refractivity contribution in [3.63, 3.8) is 0 Å². The summed E-state index contributed by atoms with van der Waals surface area (Å²) < 4.78 is 37.8. The van der Waals surface area contributed by atoms with Gasteiger partial charge in [-0.1, -0.05) is 0 Å². The number of pyridine rings is 1. The number of anilines is 1. The summed E-state index contributed by atoms with van der Waals surface area (Å²) in [5.41, 5.74) is 1.98. The van der Waals surface area contributed by atoms with Gasteiger partial charge in [0.05, 0.1) is 30.0 Å². The molecule has 0 aliphatic carbocycles. The van der Waals surface area contributed by atoms with Crippen LogP contribution in [0.2, 0.25) is 0 Å². The number of aliphatic hydroxyl groups excluding tert-OH is 1. The van der Waals surface area contributed by atoms with Gasteiger partial charge in [0.1, 0.15) is 17.0 Å². The van der Waals surface area contributed by atoms with Crippen LogP contribution in [0.4, 0.5) is 5.69 Å². The van der Waals surface area contributed by atoms with E-state index < -0.39 is 21.5 Å². The highest BCUT2D eigenvalue weighted by Crippen LogP contribution is 2.34. The quantitative estimate of drug-likeness (QED) is 0.330. The van der Waals surface area contributed by atoms with Crippen LogP contribution >= 0.6 is 0 Å². The smallest absolute Gasteiger partial charge is 0.298 e. The van der Waals surface area contributed by atoms with E-state index in [2.05, 4.69) is 9.97 Å². The number of hydrogen-bond acceptors (Lipinski definition) is 10. The number of hydrogen-bond donors (Lipinski definition) is 1. The van der Waals surface area contributed by atoms with Crippen molar-refractivity contribution >= 4 is 26.4 Å². The molecule has 5 aromatic rings. The van der Waals surface area contributed by atoms with Crippen molar-refractivity contribution < 1.29 is 22.7 Å². The van der Waals surface area contributed by atoms with Crippen molar-refractivity contribution in [2.24, 2.45) is 0 Å². The van der Waals surface area contributed by atoms with E-state index in [1.54, 1.807) is 42.6 Å². The van der Waals surface area contributed by atoms with E-state index in [1.807, 2.05) is 11.0 Å². The number of methoxy groups -OCH3 is 1. The van der Waals surface area contributed by atoms with Crippen LogP contribution in [0.1, 0.15) is 6.42 Å². The maximum Gasteiger partial charge on any atom is 0.298 e. The summed E-state index contributed by atoms with van der Waals surface area (Å²) in [7, 11) is -2.22. The normalized spacial score (nSPS) is 15.6. The van der Waals surface area contributed by atoms with E-state index in [0.29, 0.717) is 58.9 Å². The number of β-amino-alcohol motifs (C(OH)–C–C–N with tert-alkyl or cyclic N) is 1. The van der Waals surface area contributed by atoms with Crippen molar-refractivity contribution in [1.29, 1.82) is 0 Å². The molecule has 0 spiro atoms. The molecule has 0 amide bonds. The van der Waals surface area contributed by atoms with Crippen LogP contribution in [-0.4, -0.2) is 65.8 Å². The Labute approximate surface area is 229 Å². The third-order valence-corrected chi connectivity index (χ3v) is 8.03. The molecule has 0 radical (unpaired) electrons. The Morgan fingerprint density at radius 3 is 2.65 bits per heavy atom. The van der Waals surface area contributed by atoms with Crippen LogP contribution in [0.15, 0.2) is 81.4 Å². The van der Waals surface area contributed by atoms with Crippen LogP contribution in [0.25, 0.3) is 39.2 Å². The number of rotatable bonds is 6. The zero-order valence-electron chi connectivity index (χ0n) is 21.7. The summed E-state index contributed by atoms with van der Waals surface area (Å²) >= 11 is 0. The minimum Gasteiger partial charge on any atom is -0.497 e. The number of aromatic nitrogens is 4. The minimum absolute atomic E-state index is 0.0557. The Balaban J connectivity index is 1.64. The van der Waals surface area contributed by atoms with Crippen LogP contribution in [0.5, 0.6) is 5.75 Å². The SMILES string of the molecule is COc1cc(-c2cnco2)cc(-c2nn(-c3cc(N4CCC(O)C4)ccc3S(C)(=O)=O)c(=O)c3ncccc23)c1. The lowest BCUT2D eigenvalue weighted by atomic mass is 10.0. The van der Waals surface area contributed by atoms with E-state index in [9.17, 15) is 18.3 Å².